The molecule has 0 radical (unpaired) electrons. The lowest BCUT2D eigenvalue weighted by atomic mass is 10.1. The van der Waals surface area contributed by atoms with E-state index in [-0.39, 0.29) is 36.2 Å². The van der Waals surface area contributed by atoms with Gasteiger partial charge < -0.3 is 15.2 Å². The largest absolute Gasteiger partial charge is 0.349 e. The van der Waals surface area contributed by atoms with Crippen molar-refractivity contribution in [3.8, 4) is 0 Å². The molecule has 2 amide bonds. The lowest BCUT2D eigenvalue weighted by Crippen LogP contribution is -2.26. The van der Waals surface area contributed by atoms with Gasteiger partial charge in [-0.05, 0) is 24.6 Å². The highest BCUT2D eigenvalue weighted by Crippen LogP contribution is 2.19. The molecule has 0 aliphatic rings. The number of carbonyl (C=O) groups is 2. The number of amides is 2. The number of carbonyl (C=O) groups excluding carboxylic acids is 2. The van der Waals surface area contributed by atoms with Gasteiger partial charge in [0, 0.05) is 24.4 Å². The van der Waals surface area contributed by atoms with Crippen LogP contribution >= 0.6 is 11.8 Å². The summed E-state index contributed by atoms with van der Waals surface area (Å²) in [5.41, 5.74) is 1.36. The normalized spacial score (nSPS) is 10.5. The third-order valence-corrected chi connectivity index (χ3v) is 5.42. The first-order valence-electron chi connectivity index (χ1n) is 9.86. The Kier molecular flexibility index (Phi) is 7.92. The number of rotatable bonds is 10. The summed E-state index contributed by atoms with van der Waals surface area (Å²) < 4.78 is 1.84. The Morgan fingerprint density at radius 1 is 1.06 bits per heavy atom. The highest BCUT2D eigenvalue weighted by Gasteiger charge is 2.14. The van der Waals surface area contributed by atoms with Crippen LogP contribution in [0.1, 0.15) is 18.3 Å². The number of nitro groups is 1. The van der Waals surface area contributed by atoms with Gasteiger partial charge in [-0.3, -0.25) is 19.7 Å². The van der Waals surface area contributed by atoms with Crippen LogP contribution in [0, 0.1) is 10.1 Å². The Morgan fingerprint density at radius 2 is 1.78 bits per heavy atom. The first kappa shape index (κ1) is 22.9. The molecular weight excluding hydrogens is 432 g/mol. The van der Waals surface area contributed by atoms with E-state index in [1.165, 1.54) is 36.0 Å². The number of nitrogens with one attached hydrogen (secondary N) is 2. The number of hydrogen-bond donors (Lipinski definition) is 2. The maximum absolute atomic E-state index is 12.2. The van der Waals surface area contributed by atoms with Crippen LogP contribution in [0.2, 0.25) is 0 Å². The van der Waals surface area contributed by atoms with Crippen LogP contribution in [-0.4, -0.2) is 37.3 Å². The van der Waals surface area contributed by atoms with E-state index in [4.69, 9.17) is 0 Å². The second-order valence-corrected chi connectivity index (χ2v) is 7.67. The molecule has 1 heterocycles. The summed E-state index contributed by atoms with van der Waals surface area (Å²) in [6.07, 6.45) is 0.283. The molecule has 32 heavy (non-hydrogen) atoms. The highest BCUT2D eigenvalue weighted by atomic mass is 32.2. The van der Waals surface area contributed by atoms with Crippen molar-refractivity contribution in [3.63, 3.8) is 0 Å². The van der Waals surface area contributed by atoms with E-state index >= 15 is 0 Å². The average molecular weight is 455 g/mol. The van der Waals surface area contributed by atoms with E-state index in [0.717, 1.165) is 5.56 Å². The van der Waals surface area contributed by atoms with E-state index < -0.39 is 4.92 Å². The van der Waals surface area contributed by atoms with Gasteiger partial charge in [-0.25, -0.2) is 0 Å². The number of hydrogen-bond acceptors (Lipinski definition) is 7. The molecule has 166 valence electrons. The van der Waals surface area contributed by atoms with Crippen LogP contribution in [0.4, 0.5) is 11.4 Å². The fourth-order valence-corrected chi connectivity index (χ4v) is 3.71. The Bertz CT molecular complexity index is 1090. The maximum atomic E-state index is 12.2. The van der Waals surface area contributed by atoms with Gasteiger partial charge in [0.1, 0.15) is 0 Å². The quantitative estimate of drug-likeness (QED) is 0.273. The van der Waals surface area contributed by atoms with Crippen molar-refractivity contribution in [2.24, 2.45) is 0 Å². The van der Waals surface area contributed by atoms with Gasteiger partial charge in [-0.1, -0.05) is 42.1 Å². The first-order valence-corrected chi connectivity index (χ1v) is 10.8. The van der Waals surface area contributed by atoms with Gasteiger partial charge in [0.2, 0.25) is 11.8 Å². The van der Waals surface area contributed by atoms with Crippen molar-refractivity contribution in [3.05, 3.63) is 76.1 Å². The minimum Gasteiger partial charge on any atom is -0.349 e. The van der Waals surface area contributed by atoms with Gasteiger partial charge in [0.05, 0.1) is 23.6 Å². The lowest BCUT2D eigenvalue weighted by molar-refractivity contribution is -0.384. The Hall–Kier alpha value is -3.73. The Labute approximate surface area is 188 Å². The molecule has 0 spiro atoms. The minimum absolute atomic E-state index is 0.0446. The zero-order valence-electron chi connectivity index (χ0n) is 17.4. The molecule has 2 N–H and O–H groups in total. The number of benzene rings is 2. The fraction of sp³-hybridized carbons (Fsp3) is 0.238. The van der Waals surface area contributed by atoms with Gasteiger partial charge in [-0.2, -0.15) is 0 Å². The highest BCUT2D eigenvalue weighted by molar-refractivity contribution is 7.99. The third kappa shape index (κ3) is 6.38. The molecule has 0 atom stereocenters. The van der Waals surface area contributed by atoms with Crippen LogP contribution in [-0.2, 0) is 29.1 Å². The topological polar surface area (TPSA) is 132 Å². The van der Waals surface area contributed by atoms with Crippen molar-refractivity contribution in [2.45, 2.75) is 31.6 Å². The molecule has 10 nitrogen and oxygen atoms in total. The van der Waals surface area contributed by atoms with Crippen molar-refractivity contribution < 1.29 is 14.5 Å². The van der Waals surface area contributed by atoms with Gasteiger partial charge >= 0.3 is 0 Å². The molecule has 11 heteroatoms. The molecule has 0 aliphatic carbocycles. The second-order valence-electron chi connectivity index (χ2n) is 6.72. The number of nitro benzene ring substituents is 1. The molecule has 0 aliphatic heterocycles. The summed E-state index contributed by atoms with van der Waals surface area (Å²) in [5.74, 6) is 0.313. The standard InChI is InChI=1S/C21H22N6O4S/c1-2-26-18(13-22-19(28)12-15-6-4-3-5-7-15)24-25-21(26)32-14-20(29)23-16-8-10-17(11-9-16)27(30)31/h3-11H,2,12-14H2,1H3,(H,22,28)(H,23,29). The molecule has 1 aromatic heterocycles. The summed E-state index contributed by atoms with van der Waals surface area (Å²) in [4.78, 5) is 34.6. The van der Waals surface area contributed by atoms with E-state index in [1.807, 2.05) is 41.8 Å². The number of thioether (sulfide) groups is 1. The van der Waals surface area contributed by atoms with Gasteiger partial charge in [-0.15, -0.1) is 10.2 Å². The molecule has 3 aromatic rings. The Morgan fingerprint density at radius 3 is 2.44 bits per heavy atom. The summed E-state index contributed by atoms with van der Waals surface area (Å²) in [7, 11) is 0. The molecule has 0 saturated heterocycles. The van der Waals surface area contributed by atoms with Crippen molar-refractivity contribution in [1.82, 2.24) is 20.1 Å². The summed E-state index contributed by atoms with van der Waals surface area (Å²) >= 11 is 1.22. The summed E-state index contributed by atoms with van der Waals surface area (Å²) in [5, 5.41) is 25.1. The van der Waals surface area contributed by atoms with Crippen molar-refractivity contribution in [2.75, 3.05) is 11.1 Å². The minimum atomic E-state index is -0.499. The number of anilines is 1. The zero-order chi connectivity index (χ0) is 22.9. The molecule has 0 bridgehead atoms. The molecule has 0 fully saturated rings. The van der Waals surface area contributed by atoms with E-state index in [9.17, 15) is 19.7 Å². The number of aromatic nitrogens is 3. The SMILES string of the molecule is CCn1c(CNC(=O)Cc2ccccc2)nnc1SCC(=O)Nc1ccc([N+](=O)[O-])cc1. The predicted molar refractivity (Wildman–Crippen MR) is 120 cm³/mol. The lowest BCUT2D eigenvalue weighted by Gasteiger charge is -2.09. The molecule has 3 rings (SSSR count). The summed E-state index contributed by atoms with van der Waals surface area (Å²) in [6.45, 7) is 2.75. The molecule has 0 saturated carbocycles. The maximum Gasteiger partial charge on any atom is 0.269 e. The van der Waals surface area contributed by atoms with Crippen LogP contribution < -0.4 is 10.6 Å². The van der Waals surface area contributed by atoms with Crippen LogP contribution in [0.5, 0.6) is 0 Å². The zero-order valence-corrected chi connectivity index (χ0v) is 18.2. The average Bonchev–Trinajstić information content (AvgIpc) is 3.19. The molecule has 2 aromatic carbocycles. The first-order chi connectivity index (χ1) is 15.5. The number of non-ortho nitro benzene ring substituents is 1. The summed E-state index contributed by atoms with van der Waals surface area (Å²) in [6, 6.07) is 15.1. The van der Waals surface area contributed by atoms with Gasteiger partial charge in [0.15, 0.2) is 11.0 Å². The monoisotopic (exact) mass is 454 g/mol. The second kappa shape index (κ2) is 11.0. The van der Waals surface area contributed by atoms with Crippen LogP contribution in [0.3, 0.4) is 0 Å². The van der Waals surface area contributed by atoms with Crippen molar-refractivity contribution in [1.29, 1.82) is 0 Å². The van der Waals surface area contributed by atoms with Crippen LogP contribution in [0.15, 0.2) is 59.8 Å². The van der Waals surface area contributed by atoms with E-state index in [0.29, 0.717) is 23.2 Å². The molecule has 0 unspecified atom stereocenters. The molecular formula is C21H22N6O4S. The van der Waals surface area contributed by atoms with E-state index in [1.54, 1.807) is 0 Å². The predicted octanol–water partition coefficient (Wildman–Crippen LogP) is 2.80. The Balaban J connectivity index is 1.51. The third-order valence-electron chi connectivity index (χ3n) is 4.46. The van der Waals surface area contributed by atoms with E-state index in [2.05, 4.69) is 20.8 Å². The van der Waals surface area contributed by atoms with Gasteiger partial charge in [0.25, 0.3) is 5.69 Å². The number of nitrogens with zero attached hydrogens (tertiary/aromatic N) is 4. The van der Waals surface area contributed by atoms with Crippen molar-refractivity contribution >= 4 is 35.0 Å². The fourth-order valence-electron chi connectivity index (χ4n) is 2.89. The smallest absolute Gasteiger partial charge is 0.269 e. The van der Waals surface area contributed by atoms with Crippen LogP contribution in [0.25, 0.3) is 0 Å².